The van der Waals surface area contributed by atoms with Crippen LogP contribution in [0.15, 0.2) is 48.5 Å². The second-order valence-corrected chi connectivity index (χ2v) is 31.8. The molecule has 0 spiro atoms. The Bertz CT molecular complexity index is 6180. The molecule has 12 unspecified atom stereocenters. The number of fused-ring (bicyclic) bond motifs is 12. The summed E-state index contributed by atoms with van der Waals surface area (Å²) in [5.74, 6) is -25.2. The summed E-state index contributed by atoms with van der Waals surface area (Å²) in [4.78, 5) is 52.7. The van der Waals surface area contributed by atoms with Crippen molar-refractivity contribution in [3.63, 3.8) is 0 Å². The quantitative estimate of drug-likeness (QED) is 0.0303. The molecular weight excluding hydrogens is 1520 g/mol. The summed E-state index contributed by atoms with van der Waals surface area (Å²) in [6, 6.07) is -11.9. The van der Waals surface area contributed by atoms with E-state index in [1.54, 1.807) is 55.4 Å². The largest absolute Gasteiger partial charge is 0.493 e. The first-order chi connectivity index (χ1) is 75.8. The molecule has 0 amide bonds. The van der Waals surface area contributed by atoms with Crippen LogP contribution in [-0.2, 0) is 63.6 Å². The van der Waals surface area contributed by atoms with E-state index in [9.17, 15) is 46.6 Å². The smallest absolute Gasteiger partial charge is 0.323 e. The van der Waals surface area contributed by atoms with Crippen molar-refractivity contribution in [1.29, 1.82) is 0 Å². The lowest BCUT2D eigenvalue weighted by Crippen LogP contribution is -2.51. The molecule has 0 aromatic heterocycles. The zero-order valence-corrected chi connectivity index (χ0v) is 72.0. The summed E-state index contributed by atoms with van der Waals surface area (Å²) >= 11 is 0. The number of carbonyl (C=O) groups excluding carboxylic acids is 4. The second-order valence-electron chi connectivity index (χ2n) is 31.8. The highest BCUT2D eigenvalue weighted by Gasteiger charge is 2.47. The van der Waals surface area contributed by atoms with Gasteiger partial charge in [0.15, 0.2) is 46.0 Å². The van der Waals surface area contributed by atoms with Gasteiger partial charge in [0.2, 0.25) is 0 Å². The van der Waals surface area contributed by atoms with Gasteiger partial charge in [0, 0.05) is 174 Å². The van der Waals surface area contributed by atoms with Crippen molar-refractivity contribution >= 4 is 23.9 Å². The molecule has 8 heterocycles. The predicted molar refractivity (Wildman–Crippen MR) is 471 cm³/mol. The summed E-state index contributed by atoms with van der Waals surface area (Å²) < 4.78 is 510. The van der Waals surface area contributed by atoms with Crippen molar-refractivity contribution in [1.82, 2.24) is 19.6 Å². The van der Waals surface area contributed by atoms with Gasteiger partial charge in [-0.1, -0.05) is 111 Å². The number of benzene rings is 4. The molecule has 0 saturated carbocycles. The molecule has 120 heavy (non-hydrogen) atoms. The number of hydrogen-bond acceptors (Lipinski definition) is 24. The maximum Gasteiger partial charge on any atom is 0.323 e. The number of piperidine rings is 4. The molecule has 0 aliphatic carbocycles. The Morgan fingerprint density at radius 3 is 0.683 bits per heavy atom. The Hall–Kier alpha value is -7.16. The molecule has 672 valence electrons. The van der Waals surface area contributed by atoms with E-state index in [0.29, 0.717) is 0 Å². The summed E-state index contributed by atoms with van der Waals surface area (Å²) in [7, 11) is 0.883. The molecule has 8 aliphatic heterocycles. The Balaban J connectivity index is 0.000000249. The molecule has 12 rings (SSSR count). The lowest BCUT2D eigenvalue weighted by atomic mass is 9.79. The van der Waals surface area contributed by atoms with Crippen LogP contribution in [0.25, 0.3) is 0 Å². The molecule has 8 N–H and O–H groups in total. The third-order valence-electron chi connectivity index (χ3n) is 19.2. The Morgan fingerprint density at radius 1 is 0.333 bits per heavy atom. The second kappa shape index (κ2) is 43.9. The highest BCUT2D eigenvalue weighted by molar-refractivity contribution is 5.77. The number of nitrogens with zero attached hydrogens (tertiary/aromatic N) is 4. The highest BCUT2D eigenvalue weighted by atomic mass is 16.6. The number of nitrogens with two attached hydrogens (primary N) is 4. The van der Waals surface area contributed by atoms with Gasteiger partial charge in [0.1, 0.15) is 48.5 Å². The first kappa shape index (κ1) is 48.4. The van der Waals surface area contributed by atoms with E-state index >= 15 is 0 Å². The van der Waals surface area contributed by atoms with Crippen molar-refractivity contribution < 1.29 is 145 Å². The zero-order valence-electron chi connectivity index (χ0n) is 122. The number of aryl methyl sites for hydroxylation is 4. The maximum atomic E-state index is 13.2. The van der Waals surface area contributed by atoms with Gasteiger partial charge in [-0.3, -0.25) is 38.8 Å². The van der Waals surface area contributed by atoms with Crippen molar-refractivity contribution in [3.8, 4) is 46.0 Å². The molecule has 0 bridgehead atoms. The minimum absolute atomic E-state index is 0.0413. The van der Waals surface area contributed by atoms with Gasteiger partial charge in [-0.25, -0.2) is 0 Å². The van der Waals surface area contributed by atoms with Crippen LogP contribution in [-0.4, -0.2) is 201 Å². The number of esters is 4. The molecule has 4 fully saturated rings. The summed E-state index contributed by atoms with van der Waals surface area (Å²) in [6.45, 7) is -3.59. The first-order valence-corrected chi connectivity index (χ1v) is 39.3. The van der Waals surface area contributed by atoms with Gasteiger partial charge < -0.3 is 79.8 Å². The van der Waals surface area contributed by atoms with Crippen molar-refractivity contribution in [3.05, 3.63) is 93.0 Å². The molecule has 16 atom stereocenters. The molecule has 24 nitrogen and oxygen atoms in total. The molecule has 24 heteroatoms. The van der Waals surface area contributed by atoms with E-state index in [1.807, 2.05) is 0 Å². The standard InChI is InChI=1S/4C24H38N2O4/c4*1-14(2)9-17-13-26-8-7-16-10-21(28-5)22(29-6)11-18(16)19(26)12-20(17)30-24(27)23(25)15(3)4/h4*10-11,14-15,17,19-20,23H,7-9,12-13,25H2,1-6H3/t4*17?,19?,20?,23-/m0000/s1/i2*5D3,7D2,8D2,12D2,13D2,17D,19D,20D;2*7D2,8D2,12D2,13D2,17D,19D,20D. The Kier molecular flexibility index (Phi) is 17.7. The number of methoxy groups -OCH3 is 8. The fraction of sp³-hybridized carbons (Fsp3) is 0.708. The minimum atomic E-state index is -3.70. The molecule has 4 aromatic carbocycles. The van der Waals surface area contributed by atoms with Gasteiger partial charge in [-0.2, -0.15) is 0 Å². The van der Waals surface area contributed by atoms with Gasteiger partial charge in [-0.05, 0) is 192 Å². The monoisotopic (exact) mass is 1720 g/mol. The van der Waals surface area contributed by atoms with Crippen LogP contribution in [0.2, 0.25) is 0 Å². The third-order valence-corrected chi connectivity index (χ3v) is 19.2. The predicted octanol–water partition coefficient (Wildman–Crippen LogP) is 14.3. The van der Waals surface area contributed by atoms with Crippen LogP contribution < -0.4 is 60.8 Å². The summed E-state index contributed by atoms with van der Waals surface area (Å²) in [6.07, 6.45) is -44.1. The van der Waals surface area contributed by atoms with Crippen LogP contribution in [0.1, 0.15) is 299 Å². The highest BCUT2D eigenvalue weighted by Crippen LogP contribution is 2.50. The third kappa shape index (κ3) is 23.8. The topological polar surface area (TPSA) is 296 Å². The summed E-state index contributed by atoms with van der Waals surface area (Å²) in [5.41, 5.74) is 18.3. The van der Waals surface area contributed by atoms with Crippen LogP contribution in [0.4, 0.5) is 0 Å². The van der Waals surface area contributed by atoms with E-state index in [4.69, 9.17) is 121 Å². The Labute approximate surface area is 789 Å². The number of rotatable bonds is 28. The summed E-state index contributed by atoms with van der Waals surface area (Å²) in [5, 5.41) is 0. The van der Waals surface area contributed by atoms with E-state index in [2.05, 4.69) is 0 Å². The van der Waals surface area contributed by atoms with E-state index in [-0.39, 0.29) is 42.6 Å². The average molecular weight is 1720 g/mol. The van der Waals surface area contributed by atoms with Gasteiger partial charge in [-0.15, -0.1) is 0 Å². The van der Waals surface area contributed by atoms with Crippen molar-refractivity contribution in [2.45, 2.75) is 260 Å². The van der Waals surface area contributed by atoms with E-state index in [1.165, 1.54) is 83.8 Å². The molecular formula is C96H152N8O16. The van der Waals surface area contributed by atoms with Crippen LogP contribution in [0.3, 0.4) is 0 Å². The molecule has 8 aliphatic rings. The van der Waals surface area contributed by atoms with E-state index in [0.717, 1.165) is 62.8 Å². The fourth-order valence-electron chi connectivity index (χ4n) is 12.3. The van der Waals surface area contributed by atoms with Gasteiger partial charge in [0.25, 0.3) is 0 Å². The van der Waals surface area contributed by atoms with Crippen molar-refractivity contribution in [2.75, 3.05) is 109 Å². The molecule has 0 radical (unpaired) electrons. The van der Waals surface area contributed by atoms with E-state index < -0.39 is 378 Å². The average Bonchev–Trinajstić information content (AvgIpc) is 0.648. The number of carbonyl (C=O) groups is 4. The normalized spacial score (nSPS) is 45.3. The van der Waals surface area contributed by atoms with Crippen LogP contribution >= 0.6 is 0 Å². The minimum Gasteiger partial charge on any atom is -0.493 e. The molecule has 4 saturated heterocycles. The fourth-order valence-corrected chi connectivity index (χ4v) is 12.3. The van der Waals surface area contributed by atoms with Crippen LogP contribution in [0.5, 0.6) is 46.0 Å². The van der Waals surface area contributed by atoms with Crippen molar-refractivity contribution in [2.24, 2.45) is 93.9 Å². The lowest BCUT2D eigenvalue weighted by molar-refractivity contribution is -0.161. The van der Waals surface area contributed by atoms with Gasteiger partial charge in [0.05, 0.1) is 75.9 Å². The molecule has 4 aromatic rings. The van der Waals surface area contributed by atoms with Gasteiger partial charge >= 0.3 is 23.9 Å². The Morgan fingerprint density at radius 2 is 0.517 bits per heavy atom. The SMILES string of the molecule is [2H]C([2H])([2H])Oc1cc2c(cc1OC)C1([2H])N(C([2H])([2H])C2([2H])[2H])C([2H])([2H])C([2H])(CC(C)C)C([2H])(OC(=O)[C@@H](N)C(C)C)C1([2H])[2H].[2H]C([2H])([2H])Oc1cc2c(cc1OC)C1([2H])N(C([2H])([2H])C2([2H])[2H])C([2H])([2H])C([2H])(CC(C)C)C([2H])(OC(=O)[C@@H](N)C(C)C)C1([2H])[2H].[2H]C1([2H])c2cc(OC)c(OC)cc2C2([2H])N(C1([2H])[2H])C([2H])([2H])C([2H])(CC(C)C)C([2H])(OC(=O)[C@@H](N)C(C)C)C2([2H])[2H].[2H]C1([2H])c2cc(OC)c(OC)cc2C2([2H])N(C1([2H])[2H])C([2H])([2H])C([2H])(CC(C)C)C([2H])(OC(=O)[C@@H](N)C(C)C)C2([2H])[2H]. The maximum absolute atomic E-state index is 13.2. The first-order valence-electron chi connectivity index (χ1n) is 64.3. The zero-order chi connectivity index (χ0) is 133. The number of hydrogen-bond donors (Lipinski definition) is 4. The van der Waals surface area contributed by atoms with Crippen LogP contribution in [0, 0.1) is 70.9 Å². The lowest BCUT2D eigenvalue weighted by Gasteiger charge is -2.47. The number of ether oxygens (including phenoxy) is 12.